The van der Waals surface area contributed by atoms with E-state index in [2.05, 4.69) is 5.32 Å². The van der Waals surface area contributed by atoms with Crippen molar-refractivity contribution in [3.05, 3.63) is 64.9 Å². The molecule has 6 nitrogen and oxygen atoms in total. The second-order valence-electron chi connectivity index (χ2n) is 6.84. The maximum atomic E-state index is 12.9. The highest BCUT2D eigenvalue weighted by molar-refractivity contribution is 6.31. The first-order valence-corrected chi connectivity index (χ1v) is 9.49. The number of carbonyl (C=O) groups excluding carboxylic acids is 3. The molecule has 29 heavy (non-hydrogen) atoms. The quantitative estimate of drug-likeness (QED) is 0.729. The second kappa shape index (κ2) is 9.05. The van der Waals surface area contributed by atoms with Gasteiger partial charge >= 0.3 is 5.97 Å². The third-order valence-electron chi connectivity index (χ3n) is 4.64. The third-order valence-corrected chi connectivity index (χ3v) is 5.01. The average molecular weight is 419 g/mol. The molecule has 0 radical (unpaired) electrons. The van der Waals surface area contributed by atoms with E-state index in [-0.39, 0.29) is 18.9 Å². The number of amides is 2. The summed E-state index contributed by atoms with van der Waals surface area (Å²) in [5.41, 5.74) is 1.19. The highest BCUT2D eigenvalue weighted by Crippen LogP contribution is 2.24. The predicted octanol–water partition coefficient (Wildman–Crippen LogP) is 3.40. The highest BCUT2D eigenvalue weighted by Gasteiger charge is 2.36. The van der Waals surface area contributed by atoms with Gasteiger partial charge < -0.3 is 15.0 Å². The number of anilines is 1. The van der Waals surface area contributed by atoms with Crippen LogP contribution < -0.4 is 5.32 Å². The number of hydrogen-bond acceptors (Lipinski definition) is 4. The molecule has 1 aliphatic rings. The lowest BCUT2D eigenvalue weighted by Crippen LogP contribution is -2.33. The Morgan fingerprint density at radius 3 is 2.62 bits per heavy atom. The average Bonchev–Trinajstić information content (AvgIpc) is 3.06. The zero-order chi connectivity index (χ0) is 21.0. The molecule has 3 rings (SSSR count). The molecule has 2 atom stereocenters. The van der Waals surface area contributed by atoms with Crippen LogP contribution in [0.4, 0.5) is 10.1 Å². The lowest BCUT2D eigenvalue weighted by molar-refractivity contribution is -0.157. The number of rotatable bonds is 6. The monoisotopic (exact) mass is 418 g/mol. The molecule has 1 N–H and O–H groups in total. The standard InChI is InChI=1S/C21H20ClFN2O4/c1-13(20(27)24-17-8-6-16(23)7-9-17)29-21(28)15-10-19(26)25(12-15)11-14-4-2-3-5-18(14)22/h2-9,13,15H,10-12H2,1H3,(H,24,27)/t13-,15-/m1/s1. The van der Waals surface area contributed by atoms with Crippen LogP contribution in [0.15, 0.2) is 48.5 Å². The van der Waals surface area contributed by atoms with E-state index in [4.69, 9.17) is 16.3 Å². The van der Waals surface area contributed by atoms with Crippen molar-refractivity contribution >= 4 is 35.1 Å². The number of ether oxygens (including phenoxy) is 1. The van der Waals surface area contributed by atoms with Gasteiger partial charge in [-0.25, -0.2) is 4.39 Å². The Balaban J connectivity index is 1.53. The predicted molar refractivity (Wildman–Crippen MR) is 106 cm³/mol. The molecular formula is C21H20ClFN2O4. The smallest absolute Gasteiger partial charge is 0.312 e. The first kappa shape index (κ1) is 20.8. The van der Waals surface area contributed by atoms with Crippen molar-refractivity contribution in [1.29, 1.82) is 0 Å². The van der Waals surface area contributed by atoms with Crippen LogP contribution in [-0.4, -0.2) is 35.3 Å². The molecule has 2 aromatic rings. The molecule has 1 heterocycles. The van der Waals surface area contributed by atoms with Crippen LogP contribution in [0.1, 0.15) is 18.9 Å². The van der Waals surface area contributed by atoms with Crippen LogP contribution >= 0.6 is 11.6 Å². The maximum Gasteiger partial charge on any atom is 0.312 e. The molecule has 8 heteroatoms. The summed E-state index contributed by atoms with van der Waals surface area (Å²) >= 11 is 6.13. The lowest BCUT2D eigenvalue weighted by atomic mass is 10.1. The number of hydrogen-bond donors (Lipinski definition) is 1. The van der Waals surface area contributed by atoms with E-state index in [1.165, 1.54) is 31.2 Å². The van der Waals surface area contributed by atoms with Gasteiger partial charge in [0.15, 0.2) is 6.10 Å². The number of esters is 1. The van der Waals surface area contributed by atoms with E-state index in [1.807, 2.05) is 12.1 Å². The Kier molecular flexibility index (Phi) is 6.49. The van der Waals surface area contributed by atoms with Gasteiger partial charge in [-0.3, -0.25) is 14.4 Å². The number of nitrogens with zero attached hydrogens (tertiary/aromatic N) is 1. The zero-order valence-electron chi connectivity index (χ0n) is 15.7. The van der Waals surface area contributed by atoms with Crippen molar-refractivity contribution in [2.75, 3.05) is 11.9 Å². The lowest BCUT2D eigenvalue weighted by Gasteiger charge is -2.18. The molecule has 0 spiro atoms. The highest BCUT2D eigenvalue weighted by atomic mass is 35.5. The fraction of sp³-hybridized carbons (Fsp3) is 0.286. The summed E-state index contributed by atoms with van der Waals surface area (Å²) in [5, 5.41) is 3.10. The van der Waals surface area contributed by atoms with Crippen molar-refractivity contribution in [1.82, 2.24) is 4.90 Å². The molecule has 0 unspecified atom stereocenters. The summed E-state index contributed by atoms with van der Waals surface area (Å²) < 4.78 is 18.2. The Morgan fingerprint density at radius 1 is 1.24 bits per heavy atom. The van der Waals surface area contributed by atoms with Crippen molar-refractivity contribution in [2.45, 2.75) is 26.0 Å². The molecule has 1 saturated heterocycles. The third kappa shape index (κ3) is 5.32. The van der Waals surface area contributed by atoms with Gasteiger partial charge in [0.25, 0.3) is 5.91 Å². The summed E-state index contributed by atoms with van der Waals surface area (Å²) in [6.07, 6.45) is -1.03. The zero-order valence-corrected chi connectivity index (χ0v) is 16.5. The van der Waals surface area contributed by atoms with E-state index in [9.17, 15) is 18.8 Å². The Bertz CT molecular complexity index is 919. The van der Waals surface area contributed by atoms with E-state index in [0.29, 0.717) is 17.3 Å². The molecule has 2 aromatic carbocycles. The van der Waals surface area contributed by atoms with Crippen molar-refractivity contribution in [3.63, 3.8) is 0 Å². The Morgan fingerprint density at radius 2 is 1.93 bits per heavy atom. The molecule has 1 fully saturated rings. The molecule has 0 aliphatic carbocycles. The first-order valence-electron chi connectivity index (χ1n) is 9.11. The first-order chi connectivity index (χ1) is 13.8. The SMILES string of the molecule is C[C@@H](OC(=O)[C@@H]1CC(=O)N(Cc2ccccc2Cl)C1)C(=O)Nc1ccc(F)cc1. The van der Waals surface area contributed by atoms with Crippen LogP contribution in [0, 0.1) is 11.7 Å². The Labute approximate surface area is 172 Å². The van der Waals surface area contributed by atoms with Gasteiger partial charge in [-0.2, -0.15) is 0 Å². The molecule has 0 aromatic heterocycles. The Hall–Kier alpha value is -2.93. The van der Waals surface area contributed by atoms with Crippen LogP contribution in [0.25, 0.3) is 0 Å². The topological polar surface area (TPSA) is 75.7 Å². The van der Waals surface area contributed by atoms with Crippen molar-refractivity contribution < 1.29 is 23.5 Å². The molecule has 0 saturated carbocycles. The minimum Gasteiger partial charge on any atom is -0.452 e. The van der Waals surface area contributed by atoms with Gasteiger partial charge in [-0.1, -0.05) is 29.8 Å². The van der Waals surface area contributed by atoms with Gasteiger partial charge in [0.2, 0.25) is 5.91 Å². The van der Waals surface area contributed by atoms with E-state index in [1.54, 1.807) is 17.0 Å². The molecule has 1 aliphatic heterocycles. The number of carbonyl (C=O) groups is 3. The van der Waals surface area contributed by atoms with Crippen molar-refractivity contribution in [3.8, 4) is 0 Å². The molecule has 152 valence electrons. The van der Waals surface area contributed by atoms with Gasteiger partial charge in [-0.15, -0.1) is 0 Å². The van der Waals surface area contributed by atoms with Gasteiger partial charge in [0, 0.05) is 30.2 Å². The second-order valence-corrected chi connectivity index (χ2v) is 7.25. The minimum atomic E-state index is -1.06. The number of nitrogens with one attached hydrogen (secondary N) is 1. The summed E-state index contributed by atoms with van der Waals surface area (Å²) in [7, 11) is 0. The normalized spacial score (nSPS) is 17.1. The summed E-state index contributed by atoms with van der Waals surface area (Å²) in [6.45, 7) is 1.95. The minimum absolute atomic E-state index is 0.0234. The van der Waals surface area contributed by atoms with Gasteiger partial charge in [0.05, 0.1) is 5.92 Å². The molecule has 2 amide bonds. The number of likely N-dealkylation sites (tertiary alicyclic amines) is 1. The molecular weight excluding hydrogens is 399 g/mol. The van der Waals surface area contributed by atoms with Crippen LogP contribution in [-0.2, 0) is 25.7 Å². The van der Waals surface area contributed by atoms with E-state index >= 15 is 0 Å². The fourth-order valence-electron chi connectivity index (χ4n) is 3.02. The fourth-order valence-corrected chi connectivity index (χ4v) is 3.21. The summed E-state index contributed by atoms with van der Waals surface area (Å²) in [4.78, 5) is 38.4. The van der Waals surface area contributed by atoms with E-state index < -0.39 is 29.7 Å². The van der Waals surface area contributed by atoms with Crippen LogP contribution in [0.3, 0.4) is 0 Å². The van der Waals surface area contributed by atoms with Gasteiger partial charge in [-0.05, 0) is 42.8 Å². The largest absolute Gasteiger partial charge is 0.452 e. The van der Waals surface area contributed by atoms with E-state index in [0.717, 1.165) is 5.56 Å². The van der Waals surface area contributed by atoms with Crippen molar-refractivity contribution in [2.24, 2.45) is 5.92 Å². The number of halogens is 2. The van der Waals surface area contributed by atoms with Gasteiger partial charge in [0.1, 0.15) is 5.82 Å². The summed E-state index contributed by atoms with van der Waals surface area (Å²) in [6, 6.07) is 12.4. The summed E-state index contributed by atoms with van der Waals surface area (Å²) in [5.74, 6) is -2.39. The van der Waals surface area contributed by atoms with Crippen LogP contribution in [0.2, 0.25) is 5.02 Å². The molecule has 0 bridgehead atoms. The number of benzene rings is 2. The maximum absolute atomic E-state index is 12.9. The van der Waals surface area contributed by atoms with Crippen LogP contribution in [0.5, 0.6) is 0 Å².